The minimum absolute atomic E-state index is 0.129. The van der Waals surface area contributed by atoms with Crippen LogP contribution >= 0.6 is 0 Å². The summed E-state index contributed by atoms with van der Waals surface area (Å²) in [5.41, 5.74) is 3.99. The van der Waals surface area contributed by atoms with Crippen molar-refractivity contribution in [2.24, 2.45) is 14.1 Å². The van der Waals surface area contributed by atoms with Gasteiger partial charge in [-0.3, -0.25) is 9.36 Å². The summed E-state index contributed by atoms with van der Waals surface area (Å²) in [4.78, 5) is 4.54. The van der Waals surface area contributed by atoms with Crippen LogP contribution in [0.2, 0.25) is 0 Å². The van der Waals surface area contributed by atoms with Crippen LogP contribution in [0.4, 0.5) is 0 Å². The molecule has 0 saturated carbocycles. The number of rotatable bonds is 3. The highest BCUT2D eigenvalue weighted by Gasteiger charge is 2.21. The van der Waals surface area contributed by atoms with E-state index < -0.39 is 0 Å². The summed E-state index contributed by atoms with van der Waals surface area (Å²) in [6.07, 6.45) is 5.55. The summed E-state index contributed by atoms with van der Waals surface area (Å²) in [6.45, 7) is 1.47. The molecule has 4 aromatic rings. The SMILES string of the molecule is Cn1ncc2ccc(-c3nn(C)c4ccnc(OC5CCOCC5)c34)cc21. The molecule has 27 heavy (non-hydrogen) atoms. The Balaban J connectivity index is 1.65. The zero-order valence-corrected chi connectivity index (χ0v) is 15.4. The van der Waals surface area contributed by atoms with E-state index in [0.717, 1.165) is 59.1 Å². The van der Waals surface area contributed by atoms with Crippen molar-refractivity contribution >= 4 is 21.8 Å². The molecule has 138 valence electrons. The molecule has 0 bridgehead atoms. The van der Waals surface area contributed by atoms with Gasteiger partial charge in [-0.1, -0.05) is 12.1 Å². The van der Waals surface area contributed by atoms with E-state index in [-0.39, 0.29) is 6.10 Å². The van der Waals surface area contributed by atoms with Crippen LogP contribution in [0.25, 0.3) is 33.1 Å². The van der Waals surface area contributed by atoms with Crippen molar-refractivity contribution in [3.05, 3.63) is 36.7 Å². The summed E-state index contributed by atoms with van der Waals surface area (Å²) in [5, 5.41) is 11.2. The predicted molar refractivity (Wildman–Crippen MR) is 103 cm³/mol. The monoisotopic (exact) mass is 363 g/mol. The topological polar surface area (TPSA) is 67.0 Å². The molecule has 0 N–H and O–H groups in total. The number of nitrogens with zero attached hydrogens (tertiary/aromatic N) is 5. The number of benzene rings is 1. The maximum absolute atomic E-state index is 6.28. The number of aromatic nitrogens is 5. The zero-order valence-electron chi connectivity index (χ0n) is 15.4. The van der Waals surface area contributed by atoms with Crippen LogP contribution in [-0.4, -0.2) is 43.9 Å². The Labute approximate surface area is 156 Å². The fourth-order valence-electron chi connectivity index (χ4n) is 3.71. The van der Waals surface area contributed by atoms with Crippen molar-refractivity contribution in [1.29, 1.82) is 0 Å². The number of pyridine rings is 1. The number of aryl methyl sites for hydroxylation is 2. The first-order valence-electron chi connectivity index (χ1n) is 9.19. The molecule has 0 amide bonds. The third-order valence-corrected chi connectivity index (χ3v) is 5.20. The summed E-state index contributed by atoms with van der Waals surface area (Å²) < 4.78 is 15.5. The molecular weight excluding hydrogens is 342 g/mol. The number of ether oxygens (including phenoxy) is 2. The molecule has 1 aliphatic rings. The molecule has 1 saturated heterocycles. The minimum atomic E-state index is 0.129. The Morgan fingerprint density at radius 3 is 2.78 bits per heavy atom. The lowest BCUT2D eigenvalue weighted by atomic mass is 10.1. The highest BCUT2D eigenvalue weighted by atomic mass is 16.5. The largest absolute Gasteiger partial charge is 0.474 e. The molecule has 0 aliphatic carbocycles. The average molecular weight is 363 g/mol. The molecular formula is C20H21N5O2. The fraction of sp³-hybridized carbons (Fsp3) is 0.350. The fourth-order valence-corrected chi connectivity index (χ4v) is 3.71. The second-order valence-corrected chi connectivity index (χ2v) is 6.95. The summed E-state index contributed by atoms with van der Waals surface area (Å²) >= 11 is 0. The quantitative estimate of drug-likeness (QED) is 0.560. The van der Waals surface area contributed by atoms with E-state index >= 15 is 0 Å². The second kappa shape index (κ2) is 6.35. The molecule has 0 radical (unpaired) electrons. The van der Waals surface area contributed by atoms with Crippen LogP contribution in [-0.2, 0) is 18.8 Å². The lowest BCUT2D eigenvalue weighted by molar-refractivity contribution is 0.0244. The third kappa shape index (κ3) is 2.75. The highest BCUT2D eigenvalue weighted by Crippen LogP contribution is 2.35. The van der Waals surface area contributed by atoms with Crippen molar-refractivity contribution < 1.29 is 9.47 Å². The van der Waals surface area contributed by atoms with Gasteiger partial charge in [0.15, 0.2) is 0 Å². The van der Waals surface area contributed by atoms with Gasteiger partial charge < -0.3 is 9.47 Å². The molecule has 1 aliphatic heterocycles. The molecule has 0 unspecified atom stereocenters. The van der Waals surface area contributed by atoms with E-state index in [1.54, 1.807) is 6.20 Å². The van der Waals surface area contributed by atoms with Crippen molar-refractivity contribution in [1.82, 2.24) is 24.5 Å². The average Bonchev–Trinajstić information content (AvgIpc) is 3.24. The molecule has 3 aromatic heterocycles. The molecule has 1 fully saturated rings. The third-order valence-electron chi connectivity index (χ3n) is 5.20. The van der Waals surface area contributed by atoms with Crippen LogP contribution in [0.15, 0.2) is 36.7 Å². The Morgan fingerprint density at radius 1 is 1.07 bits per heavy atom. The van der Waals surface area contributed by atoms with Crippen LogP contribution in [0.1, 0.15) is 12.8 Å². The van der Waals surface area contributed by atoms with Gasteiger partial charge in [0.05, 0.1) is 35.8 Å². The van der Waals surface area contributed by atoms with Crippen LogP contribution in [0, 0.1) is 0 Å². The molecule has 5 rings (SSSR count). The summed E-state index contributed by atoms with van der Waals surface area (Å²) in [5.74, 6) is 0.646. The van der Waals surface area contributed by atoms with Crippen LogP contribution < -0.4 is 4.74 Å². The number of hydrogen-bond donors (Lipinski definition) is 0. The van der Waals surface area contributed by atoms with Gasteiger partial charge in [0.2, 0.25) is 5.88 Å². The van der Waals surface area contributed by atoms with Gasteiger partial charge in [0.25, 0.3) is 0 Å². The lowest BCUT2D eigenvalue weighted by Crippen LogP contribution is -2.26. The molecule has 4 heterocycles. The highest BCUT2D eigenvalue weighted by molar-refractivity contribution is 5.98. The van der Waals surface area contributed by atoms with Crippen molar-refractivity contribution in [3.8, 4) is 17.1 Å². The van der Waals surface area contributed by atoms with E-state index in [4.69, 9.17) is 14.6 Å². The van der Waals surface area contributed by atoms with Crippen molar-refractivity contribution in [2.75, 3.05) is 13.2 Å². The van der Waals surface area contributed by atoms with Gasteiger partial charge >= 0.3 is 0 Å². The molecule has 7 heteroatoms. The minimum Gasteiger partial charge on any atom is -0.474 e. The van der Waals surface area contributed by atoms with Gasteiger partial charge in [-0.15, -0.1) is 0 Å². The first-order valence-corrected chi connectivity index (χ1v) is 9.19. The first-order chi connectivity index (χ1) is 13.2. The second-order valence-electron chi connectivity index (χ2n) is 6.95. The van der Waals surface area contributed by atoms with E-state index in [1.165, 1.54) is 0 Å². The summed E-state index contributed by atoms with van der Waals surface area (Å²) in [7, 11) is 3.90. The lowest BCUT2D eigenvalue weighted by Gasteiger charge is -2.23. The maximum atomic E-state index is 6.28. The van der Waals surface area contributed by atoms with Crippen molar-refractivity contribution in [3.63, 3.8) is 0 Å². The van der Waals surface area contributed by atoms with Gasteiger partial charge in [0.1, 0.15) is 11.8 Å². The van der Waals surface area contributed by atoms with Gasteiger partial charge in [-0.05, 0) is 12.1 Å². The smallest absolute Gasteiger partial charge is 0.225 e. The molecule has 1 aromatic carbocycles. The van der Waals surface area contributed by atoms with E-state index in [9.17, 15) is 0 Å². The Bertz CT molecular complexity index is 1120. The summed E-state index contributed by atoms with van der Waals surface area (Å²) in [6, 6.07) is 8.26. The normalized spacial score (nSPS) is 15.6. The van der Waals surface area contributed by atoms with E-state index in [1.807, 2.05) is 35.7 Å². The zero-order chi connectivity index (χ0) is 18.4. The van der Waals surface area contributed by atoms with Gasteiger partial charge in [-0.25, -0.2) is 4.98 Å². The standard InChI is InChI=1S/C20H21N5O2/c1-24-17-11-13(3-4-14(17)12-22-24)19-18-16(25(2)23-19)5-8-21-20(18)27-15-6-9-26-10-7-15/h3-5,8,11-12,15H,6-7,9-10H2,1-2H3. The molecule has 0 spiro atoms. The molecule has 0 atom stereocenters. The van der Waals surface area contributed by atoms with E-state index in [0.29, 0.717) is 5.88 Å². The molecule has 7 nitrogen and oxygen atoms in total. The van der Waals surface area contributed by atoms with Crippen molar-refractivity contribution in [2.45, 2.75) is 18.9 Å². The Hall–Kier alpha value is -2.93. The maximum Gasteiger partial charge on any atom is 0.225 e. The van der Waals surface area contributed by atoms with Gasteiger partial charge in [0, 0.05) is 44.1 Å². The first kappa shape index (κ1) is 16.3. The van der Waals surface area contributed by atoms with Gasteiger partial charge in [-0.2, -0.15) is 10.2 Å². The van der Waals surface area contributed by atoms with Crippen LogP contribution in [0.5, 0.6) is 5.88 Å². The number of fused-ring (bicyclic) bond motifs is 2. The van der Waals surface area contributed by atoms with E-state index in [2.05, 4.69) is 28.3 Å². The number of hydrogen-bond acceptors (Lipinski definition) is 5. The Kier molecular flexibility index (Phi) is 3.82. The predicted octanol–water partition coefficient (Wildman–Crippen LogP) is 3.08. The van der Waals surface area contributed by atoms with Crippen LogP contribution in [0.3, 0.4) is 0 Å². The Morgan fingerprint density at radius 2 is 1.93 bits per heavy atom.